The van der Waals surface area contributed by atoms with Crippen LogP contribution < -0.4 is 21.4 Å². The molecule has 0 saturated carbocycles. The van der Waals surface area contributed by atoms with E-state index in [0.717, 1.165) is 35.4 Å². The standard InChI is InChI=1S/C27H31N7O3S/c1-31-12-4-5-17(31)10-11-29-25(36)22-23(35)18-8-9-21(32-13-15-33(16-14-32)27(28)37)30-24(18)34-19-6-2-3-7-20(19)38-26(22)34/h2-3,6-9,17H,4-5,10-16H2,1H3,(H2,28,37)(H,29,36). The third-order valence-corrected chi connectivity index (χ3v) is 9.00. The second kappa shape index (κ2) is 9.88. The van der Waals surface area contributed by atoms with Gasteiger partial charge in [0.25, 0.3) is 5.91 Å². The second-order valence-corrected chi connectivity index (χ2v) is 11.1. The summed E-state index contributed by atoms with van der Waals surface area (Å²) in [5.74, 6) is 0.385. The summed E-state index contributed by atoms with van der Waals surface area (Å²) in [6.07, 6.45) is 3.18. The summed E-state index contributed by atoms with van der Waals surface area (Å²) in [6, 6.07) is 11.5. The number of carbonyl (C=O) groups is 2. The third kappa shape index (κ3) is 4.25. The first-order valence-corrected chi connectivity index (χ1v) is 13.9. The number of hydrogen-bond acceptors (Lipinski definition) is 7. The van der Waals surface area contributed by atoms with Gasteiger partial charge >= 0.3 is 6.03 Å². The molecular formula is C27H31N7O3S. The molecule has 11 heteroatoms. The predicted molar refractivity (Wildman–Crippen MR) is 150 cm³/mol. The Morgan fingerprint density at radius 1 is 1.11 bits per heavy atom. The first-order valence-electron chi connectivity index (χ1n) is 13.1. The maximum absolute atomic E-state index is 13.8. The Hall–Kier alpha value is -3.70. The number of para-hydroxylation sites is 1. The van der Waals surface area contributed by atoms with E-state index in [-0.39, 0.29) is 16.9 Å². The van der Waals surface area contributed by atoms with Crippen molar-refractivity contribution in [3.8, 4) is 0 Å². The molecule has 4 aromatic rings. The minimum absolute atomic E-state index is 0.170. The summed E-state index contributed by atoms with van der Waals surface area (Å²) in [5, 5.41) is 3.43. The number of likely N-dealkylation sites (tertiary alicyclic amines) is 1. The van der Waals surface area contributed by atoms with Gasteiger partial charge in [-0.1, -0.05) is 12.1 Å². The molecule has 3 aromatic heterocycles. The van der Waals surface area contributed by atoms with Gasteiger partial charge < -0.3 is 25.8 Å². The van der Waals surface area contributed by atoms with Gasteiger partial charge in [0.15, 0.2) is 5.65 Å². The van der Waals surface area contributed by atoms with Crippen molar-refractivity contribution in [3.05, 3.63) is 52.2 Å². The lowest BCUT2D eigenvalue weighted by Gasteiger charge is -2.34. The van der Waals surface area contributed by atoms with E-state index >= 15 is 0 Å². The first-order chi connectivity index (χ1) is 18.4. The zero-order valence-corrected chi connectivity index (χ0v) is 22.2. The number of fused-ring (bicyclic) bond motifs is 5. The quantitative estimate of drug-likeness (QED) is 0.407. The van der Waals surface area contributed by atoms with E-state index in [1.54, 1.807) is 11.0 Å². The summed E-state index contributed by atoms with van der Waals surface area (Å²) in [4.78, 5) is 50.3. The van der Waals surface area contributed by atoms with Gasteiger partial charge in [-0.3, -0.25) is 14.0 Å². The van der Waals surface area contributed by atoms with Crippen molar-refractivity contribution in [2.45, 2.75) is 25.3 Å². The van der Waals surface area contributed by atoms with Crippen LogP contribution in [0, 0.1) is 0 Å². The smallest absolute Gasteiger partial charge is 0.314 e. The SMILES string of the molecule is CN1CCCC1CCNC(=O)c1c(=O)c2ccc(N3CCN(C(N)=O)CC3)nc2n2c1sc1ccccc12. The third-order valence-electron chi connectivity index (χ3n) is 7.85. The summed E-state index contributed by atoms with van der Waals surface area (Å²) >= 11 is 1.43. The van der Waals surface area contributed by atoms with Gasteiger partial charge in [-0.25, -0.2) is 9.78 Å². The molecule has 0 bridgehead atoms. The van der Waals surface area contributed by atoms with Gasteiger partial charge in [0.1, 0.15) is 16.2 Å². The highest BCUT2D eigenvalue weighted by Crippen LogP contribution is 2.31. The maximum atomic E-state index is 13.8. The number of aromatic nitrogens is 2. The van der Waals surface area contributed by atoms with Crippen LogP contribution in [-0.2, 0) is 0 Å². The van der Waals surface area contributed by atoms with Crippen LogP contribution in [0.25, 0.3) is 26.1 Å². The number of amides is 3. The molecule has 2 saturated heterocycles. The predicted octanol–water partition coefficient (Wildman–Crippen LogP) is 2.48. The van der Waals surface area contributed by atoms with Crippen molar-refractivity contribution < 1.29 is 9.59 Å². The maximum Gasteiger partial charge on any atom is 0.314 e. The summed E-state index contributed by atoms with van der Waals surface area (Å²) in [6.45, 7) is 3.84. The van der Waals surface area contributed by atoms with E-state index in [9.17, 15) is 14.4 Å². The fourth-order valence-electron chi connectivity index (χ4n) is 5.70. The molecule has 0 spiro atoms. The van der Waals surface area contributed by atoms with Crippen molar-refractivity contribution in [3.63, 3.8) is 0 Å². The van der Waals surface area contributed by atoms with Crippen LogP contribution in [0.3, 0.4) is 0 Å². The van der Waals surface area contributed by atoms with Crippen LogP contribution in [0.4, 0.5) is 10.6 Å². The van der Waals surface area contributed by atoms with E-state index in [2.05, 4.69) is 22.2 Å². The van der Waals surface area contributed by atoms with E-state index in [1.165, 1.54) is 17.8 Å². The van der Waals surface area contributed by atoms with Crippen molar-refractivity contribution in [1.82, 2.24) is 24.5 Å². The number of nitrogens with one attached hydrogen (secondary N) is 1. The van der Waals surface area contributed by atoms with Crippen LogP contribution in [0.2, 0.25) is 0 Å². The van der Waals surface area contributed by atoms with Crippen molar-refractivity contribution in [2.24, 2.45) is 5.73 Å². The zero-order valence-electron chi connectivity index (χ0n) is 21.4. The van der Waals surface area contributed by atoms with Crippen LogP contribution in [-0.4, -0.2) is 83.5 Å². The highest BCUT2D eigenvalue weighted by atomic mass is 32.1. The summed E-state index contributed by atoms with van der Waals surface area (Å²) < 4.78 is 2.92. The Labute approximate surface area is 223 Å². The number of primary amides is 1. The Kier molecular flexibility index (Phi) is 6.40. The molecule has 2 fully saturated rings. The molecule has 2 aliphatic heterocycles. The Bertz CT molecular complexity index is 1610. The van der Waals surface area contributed by atoms with Crippen molar-refractivity contribution >= 4 is 55.2 Å². The minimum Gasteiger partial charge on any atom is -0.353 e. The molecule has 198 valence electrons. The number of piperazine rings is 1. The van der Waals surface area contributed by atoms with E-state index in [1.807, 2.05) is 34.7 Å². The van der Waals surface area contributed by atoms with Gasteiger partial charge in [0, 0.05) is 38.8 Å². The fraction of sp³-hybridized carbons (Fsp3) is 0.407. The molecule has 1 atom stereocenters. The molecule has 10 nitrogen and oxygen atoms in total. The number of carbonyl (C=O) groups excluding carboxylic acids is 2. The van der Waals surface area contributed by atoms with E-state index < -0.39 is 6.03 Å². The molecule has 0 aliphatic carbocycles. The zero-order chi connectivity index (χ0) is 26.4. The largest absolute Gasteiger partial charge is 0.353 e. The lowest BCUT2D eigenvalue weighted by molar-refractivity contribution is 0.0951. The molecule has 2 aliphatic rings. The van der Waals surface area contributed by atoms with Crippen LogP contribution in [0.5, 0.6) is 0 Å². The van der Waals surface area contributed by atoms with Gasteiger partial charge in [-0.15, -0.1) is 11.3 Å². The van der Waals surface area contributed by atoms with Crippen LogP contribution >= 0.6 is 11.3 Å². The van der Waals surface area contributed by atoms with E-state index in [4.69, 9.17) is 10.7 Å². The number of hydrogen-bond donors (Lipinski definition) is 2. The van der Waals surface area contributed by atoms with E-state index in [0.29, 0.717) is 54.6 Å². The number of urea groups is 1. The average Bonchev–Trinajstić information content (AvgIpc) is 3.51. The average molecular weight is 534 g/mol. The molecule has 38 heavy (non-hydrogen) atoms. The number of benzene rings is 1. The fourth-order valence-corrected chi connectivity index (χ4v) is 6.88. The first kappa shape index (κ1) is 24.6. The van der Waals surface area contributed by atoms with Gasteiger partial charge in [0.2, 0.25) is 5.43 Å². The number of rotatable bonds is 5. The molecule has 6 rings (SSSR count). The number of pyridine rings is 2. The highest BCUT2D eigenvalue weighted by Gasteiger charge is 2.26. The molecule has 3 amide bonds. The Morgan fingerprint density at radius 2 is 1.89 bits per heavy atom. The van der Waals surface area contributed by atoms with Crippen LogP contribution in [0.15, 0.2) is 41.2 Å². The summed E-state index contributed by atoms with van der Waals surface area (Å²) in [7, 11) is 2.12. The second-order valence-electron chi connectivity index (χ2n) is 10.1. The van der Waals surface area contributed by atoms with Crippen LogP contribution in [0.1, 0.15) is 29.6 Å². The molecule has 1 unspecified atom stereocenters. The van der Waals surface area contributed by atoms with Gasteiger partial charge in [-0.05, 0) is 57.1 Å². The molecule has 5 heterocycles. The number of nitrogens with two attached hydrogens (primary N) is 1. The Morgan fingerprint density at radius 3 is 2.63 bits per heavy atom. The number of nitrogens with zero attached hydrogens (tertiary/aromatic N) is 5. The Balaban J connectivity index is 1.40. The molecule has 0 radical (unpaired) electrons. The lowest BCUT2D eigenvalue weighted by Crippen LogP contribution is -2.50. The van der Waals surface area contributed by atoms with Gasteiger partial charge in [-0.2, -0.15) is 0 Å². The minimum atomic E-state index is -0.421. The summed E-state index contributed by atoms with van der Waals surface area (Å²) in [5.41, 5.74) is 6.73. The molecule has 3 N–H and O–H groups in total. The monoisotopic (exact) mass is 533 g/mol. The normalized spacial score (nSPS) is 18.6. The van der Waals surface area contributed by atoms with Crippen molar-refractivity contribution in [1.29, 1.82) is 0 Å². The number of thiazole rings is 1. The lowest BCUT2D eigenvalue weighted by atomic mass is 10.1. The topological polar surface area (TPSA) is 116 Å². The molecule has 1 aromatic carbocycles. The number of anilines is 1. The highest BCUT2D eigenvalue weighted by molar-refractivity contribution is 7.24. The van der Waals surface area contributed by atoms with Gasteiger partial charge in [0.05, 0.1) is 15.6 Å². The molecular weight excluding hydrogens is 502 g/mol. The van der Waals surface area contributed by atoms with Crippen molar-refractivity contribution in [2.75, 3.05) is 51.2 Å².